The minimum atomic E-state index is -0.425. The predicted molar refractivity (Wildman–Crippen MR) is 71.5 cm³/mol. The summed E-state index contributed by atoms with van der Waals surface area (Å²) >= 11 is 0. The Bertz CT molecular complexity index is 353. The predicted octanol–water partition coefficient (Wildman–Crippen LogP) is 0.784. The lowest BCUT2D eigenvalue weighted by Gasteiger charge is -2.39. The highest BCUT2D eigenvalue weighted by Gasteiger charge is 2.39. The van der Waals surface area contributed by atoms with Gasteiger partial charge >= 0.3 is 0 Å². The van der Waals surface area contributed by atoms with Gasteiger partial charge in [0.25, 0.3) is 0 Å². The Morgan fingerprint density at radius 2 is 2.05 bits per heavy atom. The van der Waals surface area contributed by atoms with Crippen LogP contribution >= 0.6 is 0 Å². The molecule has 108 valence electrons. The molecule has 1 aliphatic heterocycles. The van der Waals surface area contributed by atoms with Gasteiger partial charge in [0, 0.05) is 13.2 Å². The number of piperazine rings is 1. The van der Waals surface area contributed by atoms with Gasteiger partial charge in [-0.1, -0.05) is 13.8 Å². The maximum atomic E-state index is 12.2. The molecule has 5 nitrogen and oxygen atoms in total. The van der Waals surface area contributed by atoms with Crippen molar-refractivity contribution >= 4 is 11.8 Å². The van der Waals surface area contributed by atoms with Crippen LogP contribution in [-0.2, 0) is 14.3 Å². The van der Waals surface area contributed by atoms with E-state index in [-0.39, 0.29) is 23.8 Å². The van der Waals surface area contributed by atoms with E-state index in [4.69, 9.17) is 4.74 Å². The average molecular weight is 268 g/mol. The summed E-state index contributed by atoms with van der Waals surface area (Å²) in [4.78, 5) is 25.9. The van der Waals surface area contributed by atoms with E-state index in [0.29, 0.717) is 13.2 Å². The highest BCUT2D eigenvalue weighted by Crippen LogP contribution is 2.28. The number of carbonyl (C=O) groups is 2. The molecule has 0 aromatic rings. The SMILES string of the molecule is CC1NC(=O)C(C(C)C)N(CCOCC2CC2)C1=O. The van der Waals surface area contributed by atoms with Gasteiger partial charge in [0.15, 0.2) is 0 Å². The summed E-state index contributed by atoms with van der Waals surface area (Å²) in [6.07, 6.45) is 2.52. The second-order valence-electron chi connectivity index (χ2n) is 5.97. The number of amides is 2. The molecule has 2 amide bonds. The van der Waals surface area contributed by atoms with E-state index in [1.165, 1.54) is 12.8 Å². The van der Waals surface area contributed by atoms with Gasteiger partial charge in [0.05, 0.1) is 6.61 Å². The lowest BCUT2D eigenvalue weighted by Crippen LogP contribution is -2.64. The summed E-state index contributed by atoms with van der Waals surface area (Å²) in [5, 5.41) is 2.74. The van der Waals surface area contributed by atoms with Gasteiger partial charge in [-0.2, -0.15) is 0 Å². The van der Waals surface area contributed by atoms with Crippen molar-refractivity contribution in [3.05, 3.63) is 0 Å². The van der Waals surface area contributed by atoms with Crippen molar-refractivity contribution < 1.29 is 14.3 Å². The summed E-state index contributed by atoms with van der Waals surface area (Å²) in [6, 6.07) is -0.792. The van der Waals surface area contributed by atoms with Gasteiger partial charge in [0.2, 0.25) is 11.8 Å². The molecule has 1 saturated carbocycles. The lowest BCUT2D eigenvalue weighted by molar-refractivity contribution is -0.151. The van der Waals surface area contributed by atoms with Gasteiger partial charge < -0.3 is 15.0 Å². The van der Waals surface area contributed by atoms with Gasteiger partial charge in [-0.15, -0.1) is 0 Å². The molecule has 0 bridgehead atoms. The molecule has 2 aliphatic rings. The summed E-state index contributed by atoms with van der Waals surface area (Å²) in [5.74, 6) is 0.776. The third-order valence-corrected chi connectivity index (χ3v) is 3.78. The molecule has 2 unspecified atom stereocenters. The van der Waals surface area contributed by atoms with Crippen LogP contribution in [0.4, 0.5) is 0 Å². The van der Waals surface area contributed by atoms with E-state index in [2.05, 4.69) is 5.32 Å². The number of nitrogens with zero attached hydrogens (tertiary/aromatic N) is 1. The van der Waals surface area contributed by atoms with Crippen molar-refractivity contribution in [2.45, 2.75) is 45.7 Å². The molecule has 1 heterocycles. The van der Waals surface area contributed by atoms with Gasteiger partial charge in [0.1, 0.15) is 12.1 Å². The number of hydrogen-bond donors (Lipinski definition) is 1. The first-order chi connectivity index (χ1) is 9.00. The molecular formula is C14H24N2O3. The Morgan fingerprint density at radius 3 is 2.63 bits per heavy atom. The highest BCUT2D eigenvalue weighted by molar-refractivity contribution is 5.96. The summed E-state index contributed by atoms with van der Waals surface area (Å²) in [5.41, 5.74) is 0. The molecule has 0 aromatic heterocycles. The second kappa shape index (κ2) is 5.90. The van der Waals surface area contributed by atoms with Crippen molar-refractivity contribution in [1.82, 2.24) is 10.2 Å². The first-order valence-electron chi connectivity index (χ1n) is 7.19. The zero-order valence-electron chi connectivity index (χ0n) is 12.0. The Labute approximate surface area is 114 Å². The monoisotopic (exact) mass is 268 g/mol. The van der Waals surface area contributed by atoms with E-state index in [9.17, 15) is 9.59 Å². The second-order valence-corrected chi connectivity index (χ2v) is 5.97. The molecule has 1 N–H and O–H groups in total. The van der Waals surface area contributed by atoms with Crippen molar-refractivity contribution in [3.8, 4) is 0 Å². The van der Waals surface area contributed by atoms with Crippen LogP contribution in [0.2, 0.25) is 0 Å². The smallest absolute Gasteiger partial charge is 0.245 e. The Hall–Kier alpha value is -1.10. The fraction of sp³-hybridized carbons (Fsp3) is 0.857. The zero-order valence-corrected chi connectivity index (χ0v) is 12.0. The standard InChI is InChI=1S/C14H24N2O3/c1-9(2)12-13(17)15-10(3)14(18)16(12)6-7-19-8-11-4-5-11/h9-12H,4-8H2,1-3H3,(H,15,17). The number of carbonyl (C=O) groups excluding carboxylic acids is 2. The van der Waals surface area contributed by atoms with Crippen LogP contribution in [-0.4, -0.2) is 48.6 Å². The first kappa shape index (κ1) is 14.3. The largest absolute Gasteiger partial charge is 0.379 e. The van der Waals surface area contributed by atoms with Crippen LogP contribution in [0.3, 0.4) is 0 Å². The van der Waals surface area contributed by atoms with Gasteiger partial charge in [-0.05, 0) is 31.6 Å². The van der Waals surface area contributed by atoms with Crippen LogP contribution in [0.15, 0.2) is 0 Å². The van der Waals surface area contributed by atoms with E-state index < -0.39 is 6.04 Å². The third-order valence-electron chi connectivity index (χ3n) is 3.78. The fourth-order valence-corrected chi connectivity index (χ4v) is 2.50. The highest BCUT2D eigenvalue weighted by atomic mass is 16.5. The number of nitrogens with one attached hydrogen (secondary N) is 1. The summed E-state index contributed by atoms with van der Waals surface area (Å²) in [6.45, 7) is 7.47. The van der Waals surface area contributed by atoms with E-state index in [1.807, 2.05) is 13.8 Å². The summed E-state index contributed by atoms with van der Waals surface area (Å²) < 4.78 is 5.58. The molecule has 2 rings (SSSR count). The molecule has 1 saturated heterocycles. The summed E-state index contributed by atoms with van der Waals surface area (Å²) in [7, 11) is 0. The minimum absolute atomic E-state index is 0.00618. The number of ether oxygens (including phenoxy) is 1. The van der Waals surface area contributed by atoms with Crippen LogP contribution in [0.5, 0.6) is 0 Å². The number of rotatable bonds is 6. The van der Waals surface area contributed by atoms with Crippen molar-refractivity contribution in [2.24, 2.45) is 11.8 Å². The van der Waals surface area contributed by atoms with Crippen LogP contribution in [0.25, 0.3) is 0 Å². The van der Waals surface area contributed by atoms with E-state index in [1.54, 1.807) is 11.8 Å². The Kier molecular flexibility index (Phi) is 4.45. The quantitative estimate of drug-likeness (QED) is 0.724. The van der Waals surface area contributed by atoms with Crippen LogP contribution in [0.1, 0.15) is 33.6 Å². The molecule has 0 radical (unpaired) electrons. The third kappa shape index (κ3) is 3.47. The molecule has 1 aliphatic carbocycles. The van der Waals surface area contributed by atoms with E-state index >= 15 is 0 Å². The Morgan fingerprint density at radius 1 is 1.37 bits per heavy atom. The molecule has 0 aromatic carbocycles. The normalized spacial score (nSPS) is 27.9. The minimum Gasteiger partial charge on any atom is -0.379 e. The molecular weight excluding hydrogens is 244 g/mol. The van der Waals surface area contributed by atoms with Crippen molar-refractivity contribution in [3.63, 3.8) is 0 Å². The van der Waals surface area contributed by atoms with Gasteiger partial charge in [-0.25, -0.2) is 0 Å². The van der Waals surface area contributed by atoms with Gasteiger partial charge in [-0.3, -0.25) is 9.59 Å². The number of hydrogen-bond acceptors (Lipinski definition) is 3. The molecule has 0 spiro atoms. The molecule has 2 atom stereocenters. The maximum absolute atomic E-state index is 12.2. The van der Waals surface area contributed by atoms with Crippen LogP contribution in [0, 0.1) is 11.8 Å². The fourth-order valence-electron chi connectivity index (χ4n) is 2.50. The van der Waals surface area contributed by atoms with E-state index in [0.717, 1.165) is 12.5 Å². The first-order valence-corrected chi connectivity index (χ1v) is 7.19. The Balaban J connectivity index is 1.90. The van der Waals surface area contributed by atoms with Crippen molar-refractivity contribution in [2.75, 3.05) is 19.8 Å². The topological polar surface area (TPSA) is 58.6 Å². The van der Waals surface area contributed by atoms with Crippen LogP contribution < -0.4 is 5.32 Å². The average Bonchev–Trinajstić information content (AvgIpc) is 3.13. The molecule has 5 heteroatoms. The maximum Gasteiger partial charge on any atom is 0.245 e. The lowest BCUT2D eigenvalue weighted by atomic mass is 9.97. The zero-order chi connectivity index (χ0) is 14.0. The molecule has 2 fully saturated rings. The van der Waals surface area contributed by atoms with Crippen molar-refractivity contribution in [1.29, 1.82) is 0 Å². The molecule has 19 heavy (non-hydrogen) atoms.